The average Bonchev–Trinajstić information content (AvgIpc) is 2.62. The van der Waals surface area contributed by atoms with Crippen molar-refractivity contribution in [1.82, 2.24) is 10.3 Å². The minimum atomic E-state index is 0.133. The Hall–Kier alpha value is -2.76. The van der Waals surface area contributed by atoms with Crippen LogP contribution in [0.1, 0.15) is 23.7 Å². The Morgan fingerprint density at radius 3 is 3.08 bits per heavy atom. The van der Waals surface area contributed by atoms with Crippen LogP contribution in [0.15, 0.2) is 47.5 Å². The maximum absolute atomic E-state index is 6.03. The van der Waals surface area contributed by atoms with Gasteiger partial charge in [-0.15, -0.1) is 0 Å². The van der Waals surface area contributed by atoms with Crippen molar-refractivity contribution < 1.29 is 9.47 Å². The summed E-state index contributed by atoms with van der Waals surface area (Å²) in [7, 11) is 1.61. The average molecular weight is 326 g/mol. The Morgan fingerprint density at radius 1 is 1.33 bits per heavy atom. The SMILES string of the molecule is COc1cccc(CCN=C(N)NC2CCOc3ccccc32)n1. The number of rotatable bonds is 5. The van der Waals surface area contributed by atoms with Gasteiger partial charge in [-0.2, -0.15) is 0 Å². The summed E-state index contributed by atoms with van der Waals surface area (Å²) in [6, 6.07) is 13.8. The van der Waals surface area contributed by atoms with Gasteiger partial charge in [-0.25, -0.2) is 4.98 Å². The van der Waals surface area contributed by atoms with Gasteiger partial charge in [0.2, 0.25) is 5.88 Å². The van der Waals surface area contributed by atoms with Crippen LogP contribution < -0.4 is 20.5 Å². The molecule has 3 rings (SSSR count). The summed E-state index contributed by atoms with van der Waals surface area (Å²) in [5.74, 6) is 1.97. The van der Waals surface area contributed by atoms with Crippen molar-refractivity contribution in [2.24, 2.45) is 10.7 Å². The molecule has 2 aromatic rings. The number of hydrogen-bond donors (Lipinski definition) is 2. The predicted octanol–water partition coefficient (Wildman–Crippen LogP) is 2.06. The molecule has 0 fully saturated rings. The molecule has 1 aliphatic heterocycles. The first-order valence-corrected chi connectivity index (χ1v) is 8.04. The van der Waals surface area contributed by atoms with E-state index in [0.29, 0.717) is 31.4 Å². The zero-order chi connectivity index (χ0) is 16.8. The first-order valence-electron chi connectivity index (χ1n) is 8.04. The quantitative estimate of drug-likeness (QED) is 0.649. The number of para-hydroxylation sites is 1. The molecule has 1 aromatic heterocycles. The zero-order valence-electron chi connectivity index (χ0n) is 13.7. The standard InChI is InChI=1S/C18H22N4O2/c1-23-17-8-4-5-13(21-17)9-11-20-18(19)22-15-10-12-24-16-7-3-2-6-14(15)16/h2-8,15H,9-12H2,1H3,(H3,19,20,22). The van der Waals surface area contributed by atoms with Crippen molar-refractivity contribution in [2.75, 3.05) is 20.3 Å². The molecule has 0 spiro atoms. The van der Waals surface area contributed by atoms with E-state index in [2.05, 4.69) is 21.4 Å². The fraction of sp³-hybridized carbons (Fsp3) is 0.333. The van der Waals surface area contributed by atoms with Crippen molar-refractivity contribution in [3.8, 4) is 11.6 Å². The van der Waals surface area contributed by atoms with Crippen LogP contribution in [0.25, 0.3) is 0 Å². The summed E-state index contributed by atoms with van der Waals surface area (Å²) in [6.07, 6.45) is 1.58. The number of guanidine groups is 1. The predicted molar refractivity (Wildman–Crippen MR) is 93.4 cm³/mol. The van der Waals surface area contributed by atoms with Crippen molar-refractivity contribution in [3.05, 3.63) is 53.7 Å². The van der Waals surface area contributed by atoms with E-state index in [1.807, 2.05) is 36.4 Å². The molecule has 0 saturated carbocycles. The number of benzene rings is 1. The molecule has 1 unspecified atom stereocenters. The van der Waals surface area contributed by atoms with E-state index >= 15 is 0 Å². The number of nitrogens with zero attached hydrogens (tertiary/aromatic N) is 2. The number of hydrogen-bond acceptors (Lipinski definition) is 4. The number of nitrogens with two attached hydrogens (primary N) is 1. The molecule has 3 N–H and O–H groups in total. The first-order chi connectivity index (χ1) is 11.8. The maximum Gasteiger partial charge on any atom is 0.213 e. The van der Waals surface area contributed by atoms with Gasteiger partial charge in [-0.1, -0.05) is 24.3 Å². The monoisotopic (exact) mass is 326 g/mol. The Kier molecular flexibility index (Phi) is 5.15. The second kappa shape index (κ2) is 7.68. The lowest BCUT2D eigenvalue weighted by atomic mass is 10.0. The van der Waals surface area contributed by atoms with Crippen molar-refractivity contribution in [3.63, 3.8) is 0 Å². The highest BCUT2D eigenvalue weighted by Gasteiger charge is 2.21. The summed E-state index contributed by atoms with van der Waals surface area (Å²) in [5, 5.41) is 3.29. The van der Waals surface area contributed by atoms with Crippen LogP contribution in [0, 0.1) is 0 Å². The maximum atomic E-state index is 6.03. The molecule has 0 amide bonds. The Balaban J connectivity index is 1.57. The minimum absolute atomic E-state index is 0.133. The number of aromatic nitrogens is 1. The van der Waals surface area contributed by atoms with Crippen molar-refractivity contribution in [2.45, 2.75) is 18.9 Å². The van der Waals surface area contributed by atoms with Crippen LogP contribution in [0.2, 0.25) is 0 Å². The molecule has 1 aromatic carbocycles. The van der Waals surface area contributed by atoms with Crippen molar-refractivity contribution in [1.29, 1.82) is 0 Å². The van der Waals surface area contributed by atoms with Gasteiger partial charge in [0.15, 0.2) is 5.96 Å². The van der Waals surface area contributed by atoms with Crippen LogP contribution in [0.3, 0.4) is 0 Å². The molecule has 1 aliphatic rings. The molecule has 0 aliphatic carbocycles. The highest BCUT2D eigenvalue weighted by molar-refractivity contribution is 5.78. The molecule has 2 heterocycles. The van der Waals surface area contributed by atoms with Gasteiger partial charge in [0.1, 0.15) is 5.75 Å². The Morgan fingerprint density at radius 2 is 2.21 bits per heavy atom. The third-order valence-electron chi connectivity index (χ3n) is 3.92. The number of ether oxygens (including phenoxy) is 2. The second-order valence-corrected chi connectivity index (χ2v) is 5.56. The van der Waals surface area contributed by atoms with Gasteiger partial charge in [0.05, 0.1) is 19.8 Å². The van der Waals surface area contributed by atoms with E-state index in [0.717, 1.165) is 23.4 Å². The Labute approximate surface area is 141 Å². The highest BCUT2D eigenvalue weighted by atomic mass is 16.5. The smallest absolute Gasteiger partial charge is 0.213 e. The number of fused-ring (bicyclic) bond motifs is 1. The van der Waals surface area contributed by atoms with Crippen LogP contribution >= 0.6 is 0 Å². The topological polar surface area (TPSA) is 81.8 Å². The fourth-order valence-corrected chi connectivity index (χ4v) is 2.72. The lowest BCUT2D eigenvalue weighted by Gasteiger charge is -2.26. The summed E-state index contributed by atoms with van der Waals surface area (Å²) in [4.78, 5) is 8.77. The van der Waals surface area contributed by atoms with Gasteiger partial charge >= 0.3 is 0 Å². The van der Waals surface area contributed by atoms with E-state index in [1.165, 1.54) is 0 Å². The van der Waals surface area contributed by atoms with E-state index in [4.69, 9.17) is 15.2 Å². The normalized spacial score (nSPS) is 16.9. The third-order valence-corrected chi connectivity index (χ3v) is 3.92. The molecule has 6 nitrogen and oxygen atoms in total. The number of pyridine rings is 1. The van der Waals surface area contributed by atoms with Gasteiger partial charge in [0.25, 0.3) is 0 Å². The first kappa shape index (κ1) is 16.1. The minimum Gasteiger partial charge on any atom is -0.493 e. The van der Waals surface area contributed by atoms with E-state index < -0.39 is 0 Å². The van der Waals surface area contributed by atoms with Gasteiger partial charge in [-0.3, -0.25) is 4.99 Å². The summed E-state index contributed by atoms with van der Waals surface area (Å²) in [6.45, 7) is 1.25. The Bertz CT molecular complexity index is 718. The molecular formula is C18H22N4O2. The van der Waals surface area contributed by atoms with Crippen LogP contribution in [-0.2, 0) is 6.42 Å². The zero-order valence-corrected chi connectivity index (χ0v) is 13.7. The van der Waals surface area contributed by atoms with Crippen molar-refractivity contribution >= 4 is 5.96 Å². The number of methoxy groups -OCH3 is 1. The van der Waals surface area contributed by atoms with Crippen LogP contribution in [0.5, 0.6) is 11.6 Å². The second-order valence-electron chi connectivity index (χ2n) is 5.56. The molecule has 0 bridgehead atoms. The highest BCUT2D eigenvalue weighted by Crippen LogP contribution is 2.31. The lowest BCUT2D eigenvalue weighted by molar-refractivity contribution is 0.262. The number of aliphatic imine (C=N–C) groups is 1. The van der Waals surface area contributed by atoms with E-state index in [-0.39, 0.29) is 6.04 Å². The summed E-state index contributed by atoms with van der Waals surface area (Å²) < 4.78 is 10.8. The fourth-order valence-electron chi connectivity index (χ4n) is 2.72. The van der Waals surface area contributed by atoms with Gasteiger partial charge in [-0.05, 0) is 12.1 Å². The summed E-state index contributed by atoms with van der Waals surface area (Å²) >= 11 is 0. The van der Waals surface area contributed by atoms with Gasteiger partial charge < -0.3 is 20.5 Å². The lowest BCUT2D eigenvalue weighted by Crippen LogP contribution is -2.37. The molecule has 0 saturated heterocycles. The largest absolute Gasteiger partial charge is 0.493 e. The summed E-state index contributed by atoms with van der Waals surface area (Å²) in [5.41, 5.74) is 8.09. The molecule has 126 valence electrons. The van der Waals surface area contributed by atoms with E-state index in [1.54, 1.807) is 7.11 Å². The molecule has 6 heteroatoms. The van der Waals surface area contributed by atoms with Gasteiger partial charge in [0, 0.05) is 36.7 Å². The molecule has 0 radical (unpaired) electrons. The molecule has 24 heavy (non-hydrogen) atoms. The third kappa shape index (κ3) is 3.95. The van der Waals surface area contributed by atoms with Crippen LogP contribution in [-0.4, -0.2) is 31.2 Å². The van der Waals surface area contributed by atoms with E-state index in [9.17, 15) is 0 Å². The van der Waals surface area contributed by atoms with Crippen LogP contribution in [0.4, 0.5) is 0 Å². The molecular weight excluding hydrogens is 304 g/mol. The molecule has 1 atom stereocenters. The number of nitrogens with one attached hydrogen (secondary N) is 1.